The molecular formula is C49H44O4. The van der Waals surface area contributed by atoms with E-state index < -0.39 is 0 Å². The molecule has 0 aliphatic rings. The molecule has 53 heavy (non-hydrogen) atoms. The highest BCUT2D eigenvalue weighted by molar-refractivity contribution is 6.15. The summed E-state index contributed by atoms with van der Waals surface area (Å²) < 4.78 is 0. The fraction of sp³-hybridized carbons (Fsp3) is 0.184. The van der Waals surface area contributed by atoms with Gasteiger partial charge in [-0.2, -0.15) is 0 Å². The van der Waals surface area contributed by atoms with E-state index in [-0.39, 0.29) is 29.6 Å². The topological polar surface area (TPSA) is 68.3 Å². The molecule has 0 saturated carbocycles. The van der Waals surface area contributed by atoms with Crippen molar-refractivity contribution in [2.45, 2.75) is 61.8 Å². The lowest BCUT2D eigenvalue weighted by molar-refractivity contribution is 0.102. The van der Waals surface area contributed by atoms with E-state index in [4.69, 9.17) is 0 Å². The molecule has 0 fully saturated rings. The van der Waals surface area contributed by atoms with Crippen LogP contribution in [-0.2, 0) is 6.42 Å². The Morgan fingerprint density at radius 3 is 0.623 bits per heavy atom. The van der Waals surface area contributed by atoms with Crippen molar-refractivity contribution in [3.05, 3.63) is 209 Å². The van der Waals surface area contributed by atoms with Crippen molar-refractivity contribution in [3.63, 3.8) is 0 Å². The van der Waals surface area contributed by atoms with E-state index in [0.717, 1.165) is 44.5 Å². The van der Waals surface area contributed by atoms with Crippen LogP contribution in [-0.4, -0.2) is 23.1 Å². The lowest BCUT2D eigenvalue weighted by Gasteiger charge is -2.13. The number of hydrogen-bond acceptors (Lipinski definition) is 4. The van der Waals surface area contributed by atoms with Crippen molar-refractivity contribution in [2.75, 3.05) is 0 Å². The minimum Gasteiger partial charge on any atom is -0.289 e. The molecule has 0 bridgehead atoms. The summed E-state index contributed by atoms with van der Waals surface area (Å²) >= 11 is 0. The molecule has 0 N–H and O–H groups in total. The first-order valence-electron chi connectivity index (χ1n) is 17.9. The summed E-state index contributed by atoms with van der Waals surface area (Å²) in [7, 11) is 0. The van der Waals surface area contributed by atoms with Gasteiger partial charge in [0, 0.05) is 44.5 Å². The SMILES string of the molecule is Cc1cc(C)cc(C(=O)c2cc(Cc3cc(C(=O)c4cc(C)cc(C)c4)cc(C(=O)c4cc(C)cc(C)c4)c3)cc(C(=O)c3cc(C)cc(C)c3)c2)c1. The third-order valence-corrected chi connectivity index (χ3v) is 9.38. The largest absolute Gasteiger partial charge is 0.289 e. The molecule has 6 rings (SSSR count). The van der Waals surface area contributed by atoms with E-state index in [9.17, 15) is 19.2 Å². The lowest BCUT2D eigenvalue weighted by atomic mass is 9.89. The van der Waals surface area contributed by atoms with E-state index in [2.05, 4.69) is 0 Å². The maximum atomic E-state index is 14.1. The predicted octanol–water partition coefficient (Wildman–Crippen LogP) is 10.7. The second kappa shape index (κ2) is 14.9. The first-order chi connectivity index (χ1) is 25.1. The lowest BCUT2D eigenvalue weighted by Crippen LogP contribution is -2.10. The van der Waals surface area contributed by atoms with Crippen molar-refractivity contribution in [3.8, 4) is 0 Å². The van der Waals surface area contributed by atoms with Gasteiger partial charge in [0.05, 0.1) is 0 Å². The summed E-state index contributed by atoms with van der Waals surface area (Å²) in [5, 5.41) is 0. The normalized spacial score (nSPS) is 11.0. The predicted molar refractivity (Wildman–Crippen MR) is 213 cm³/mol. The monoisotopic (exact) mass is 696 g/mol. The summed E-state index contributed by atoms with van der Waals surface area (Å²) in [4.78, 5) is 56.3. The zero-order chi connectivity index (χ0) is 38.1. The molecule has 4 nitrogen and oxygen atoms in total. The van der Waals surface area contributed by atoms with Gasteiger partial charge in [0.1, 0.15) is 0 Å². The van der Waals surface area contributed by atoms with Gasteiger partial charge in [0.25, 0.3) is 0 Å². The summed E-state index contributed by atoms with van der Waals surface area (Å²) in [6.07, 6.45) is 0.280. The van der Waals surface area contributed by atoms with Gasteiger partial charge in [0.15, 0.2) is 23.1 Å². The maximum Gasteiger partial charge on any atom is 0.193 e. The summed E-state index contributed by atoms with van der Waals surface area (Å²) in [6, 6.07) is 33.6. The van der Waals surface area contributed by atoms with Gasteiger partial charge in [0.2, 0.25) is 0 Å². The molecule has 4 heteroatoms. The number of aryl methyl sites for hydroxylation is 8. The van der Waals surface area contributed by atoms with Crippen molar-refractivity contribution < 1.29 is 19.2 Å². The van der Waals surface area contributed by atoms with Crippen LogP contribution in [0.4, 0.5) is 0 Å². The molecule has 0 unspecified atom stereocenters. The number of carbonyl (C=O) groups excluding carboxylic acids is 4. The van der Waals surface area contributed by atoms with Crippen molar-refractivity contribution >= 4 is 23.1 Å². The molecule has 0 atom stereocenters. The van der Waals surface area contributed by atoms with E-state index in [1.54, 1.807) is 12.1 Å². The maximum absolute atomic E-state index is 14.1. The Kier molecular flexibility index (Phi) is 10.4. The van der Waals surface area contributed by atoms with Crippen LogP contribution in [0.15, 0.2) is 109 Å². The molecule has 0 aliphatic carbocycles. The Morgan fingerprint density at radius 1 is 0.264 bits per heavy atom. The quantitative estimate of drug-likeness (QED) is 0.134. The number of ketones is 4. The standard InChI is InChI=1S/C49H44O4/c1-28-9-29(2)14-38(13-28)46(50)42-22-36(23-43(26-42)47(51)39-15-30(3)10-31(4)16-39)21-37-24-44(48(52)40-17-32(5)11-33(6)18-40)27-45(25-37)49(53)41-19-34(7)12-35(8)20-41/h9-20,22-27H,21H2,1-8H3. The van der Waals surface area contributed by atoms with Gasteiger partial charge in [-0.3, -0.25) is 19.2 Å². The Bertz CT molecular complexity index is 2060. The fourth-order valence-electron chi connectivity index (χ4n) is 7.44. The van der Waals surface area contributed by atoms with Gasteiger partial charge in [-0.15, -0.1) is 0 Å². The molecule has 0 radical (unpaired) electrons. The highest BCUT2D eigenvalue weighted by Crippen LogP contribution is 2.26. The summed E-state index contributed by atoms with van der Waals surface area (Å²) in [5.74, 6) is -0.731. The van der Waals surface area contributed by atoms with Gasteiger partial charge in [-0.05, 0) is 158 Å². The van der Waals surface area contributed by atoms with Crippen molar-refractivity contribution in [1.29, 1.82) is 0 Å². The van der Waals surface area contributed by atoms with E-state index in [0.29, 0.717) is 55.6 Å². The molecular weight excluding hydrogens is 653 g/mol. The van der Waals surface area contributed by atoms with Gasteiger partial charge >= 0.3 is 0 Å². The zero-order valence-electron chi connectivity index (χ0n) is 31.7. The van der Waals surface area contributed by atoms with Crippen molar-refractivity contribution in [1.82, 2.24) is 0 Å². The van der Waals surface area contributed by atoms with Crippen LogP contribution in [0.3, 0.4) is 0 Å². The van der Waals surface area contributed by atoms with Gasteiger partial charge in [-0.1, -0.05) is 68.8 Å². The summed E-state index contributed by atoms with van der Waals surface area (Å²) in [6.45, 7) is 15.7. The van der Waals surface area contributed by atoms with Crippen LogP contribution in [0, 0.1) is 55.4 Å². The Labute approximate surface area is 312 Å². The van der Waals surface area contributed by atoms with Crippen molar-refractivity contribution in [2.24, 2.45) is 0 Å². The van der Waals surface area contributed by atoms with E-state index >= 15 is 0 Å². The highest BCUT2D eigenvalue weighted by Gasteiger charge is 2.20. The van der Waals surface area contributed by atoms with Crippen LogP contribution in [0.25, 0.3) is 0 Å². The smallest absolute Gasteiger partial charge is 0.193 e. The zero-order valence-corrected chi connectivity index (χ0v) is 31.7. The third kappa shape index (κ3) is 8.56. The van der Waals surface area contributed by atoms with Crippen LogP contribution < -0.4 is 0 Å². The first kappa shape index (κ1) is 36.8. The third-order valence-electron chi connectivity index (χ3n) is 9.38. The number of carbonyl (C=O) groups is 4. The number of hydrogen-bond donors (Lipinski definition) is 0. The Hall–Kier alpha value is -6.00. The molecule has 264 valence electrons. The van der Waals surface area contributed by atoms with E-state index in [1.165, 1.54) is 0 Å². The second-order valence-corrected chi connectivity index (χ2v) is 14.8. The minimum absolute atomic E-state index is 0.183. The van der Waals surface area contributed by atoms with Crippen LogP contribution in [0.2, 0.25) is 0 Å². The number of rotatable bonds is 10. The molecule has 6 aromatic rings. The van der Waals surface area contributed by atoms with Gasteiger partial charge in [-0.25, -0.2) is 0 Å². The molecule has 0 spiro atoms. The first-order valence-corrected chi connectivity index (χ1v) is 17.9. The number of benzene rings is 6. The van der Waals surface area contributed by atoms with Crippen LogP contribution in [0.1, 0.15) is 119 Å². The van der Waals surface area contributed by atoms with Crippen LogP contribution in [0.5, 0.6) is 0 Å². The highest BCUT2D eigenvalue weighted by atomic mass is 16.1. The molecule has 0 amide bonds. The average molecular weight is 697 g/mol. The van der Waals surface area contributed by atoms with Gasteiger partial charge < -0.3 is 0 Å². The average Bonchev–Trinajstić information content (AvgIpc) is 3.08. The second-order valence-electron chi connectivity index (χ2n) is 14.8. The van der Waals surface area contributed by atoms with Crippen LogP contribution >= 0.6 is 0 Å². The molecule has 6 aromatic carbocycles. The summed E-state index contributed by atoms with van der Waals surface area (Å²) in [5.41, 5.74) is 13.0. The minimum atomic E-state index is -0.183. The molecule has 0 aliphatic heterocycles. The fourth-order valence-corrected chi connectivity index (χ4v) is 7.44. The molecule has 0 saturated heterocycles. The molecule has 0 heterocycles. The van der Waals surface area contributed by atoms with E-state index in [1.807, 2.05) is 152 Å². The Morgan fingerprint density at radius 2 is 0.434 bits per heavy atom. The Balaban J connectivity index is 1.50. The molecule has 0 aromatic heterocycles.